The first-order valence-corrected chi connectivity index (χ1v) is 15.0. The summed E-state index contributed by atoms with van der Waals surface area (Å²) in [7, 11) is 0. The number of allylic oxidation sites excluding steroid dienone is 2. The van der Waals surface area contributed by atoms with Crippen LogP contribution in [0.5, 0.6) is 0 Å². The molecule has 1 heterocycles. The fourth-order valence-electron chi connectivity index (χ4n) is 5.84. The summed E-state index contributed by atoms with van der Waals surface area (Å²) < 4.78 is 6.00. The summed E-state index contributed by atoms with van der Waals surface area (Å²) in [5, 5.41) is 33.4. The smallest absolute Gasteiger partial charge is 0.172 e. The van der Waals surface area contributed by atoms with E-state index in [-0.39, 0.29) is 16.9 Å². The minimum atomic E-state index is -0.851. The lowest BCUT2D eigenvalue weighted by atomic mass is 9.87. The number of fused-ring (bicyclic) bond motifs is 2. The van der Waals surface area contributed by atoms with Gasteiger partial charge in [0, 0.05) is 24.4 Å². The van der Waals surface area contributed by atoms with Crippen molar-refractivity contribution in [2.24, 2.45) is 0 Å². The summed E-state index contributed by atoms with van der Waals surface area (Å²) in [6.07, 6.45) is 10.1. The SMILES string of the molecule is CCCCCCN(CCCCCC)c1ccc2cc3cc(C4=C(C#N)C(=C(C#N)C#N)OC4(C)C)ccc3cc2c1. The highest BCUT2D eigenvalue weighted by atomic mass is 16.5. The normalized spacial score (nSPS) is 14.0. The molecule has 0 saturated carbocycles. The molecule has 5 heteroatoms. The van der Waals surface area contributed by atoms with Crippen LogP contribution in [0, 0.1) is 34.0 Å². The highest BCUT2D eigenvalue weighted by Gasteiger charge is 2.40. The van der Waals surface area contributed by atoms with Gasteiger partial charge in [0.05, 0.1) is 0 Å². The summed E-state index contributed by atoms with van der Waals surface area (Å²) >= 11 is 0. The van der Waals surface area contributed by atoms with Gasteiger partial charge in [0.25, 0.3) is 0 Å². The van der Waals surface area contributed by atoms with Crippen molar-refractivity contribution in [3.05, 3.63) is 71.0 Å². The number of hydrogen-bond acceptors (Lipinski definition) is 5. The second-order valence-electron chi connectivity index (χ2n) is 11.5. The van der Waals surface area contributed by atoms with Gasteiger partial charge in [0.2, 0.25) is 0 Å². The first-order chi connectivity index (χ1) is 19.9. The van der Waals surface area contributed by atoms with Crippen LogP contribution in [0.1, 0.15) is 84.6 Å². The van der Waals surface area contributed by atoms with Crippen LogP contribution in [0.25, 0.3) is 27.1 Å². The predicted octanol–water partition coefficient (Wildman–Crippen LogP) is 9.35. The molecule has 0 amide bonds. The van der Waals surface area contributed by atoms with Crippen molar-refractivity contribution in [2.45, 2.75) is 84.7 Å². The lowest BCUT2D eigenvalue weighted by Gasteiger charge is -2.25. The molecular weight excluding hydrogens is 504 g/mol. The molecule has 0 unspecified atom stereocenters. The summed E-state index contributed by atoms with van der Waals surface area (Å²) in [6.45, 7) is 10.4. The van der Waals surface area contributed by atoms with Crippen LogP contribution in [0.15, 0.2) is 65.4 Å². The van der Waals surface area contributed by atoms with Crippen LogP contribution in [-0.4, -0.2) is 18.7 Å². The molecule has 3 aromatic carbocycles. The van der Waals surface area contributed by atoms with E-state index >= 15 is 0 Å². The number of hydrogen-bond donors (Lipinski definition) is 0. The van der Waals surface area contributed by atoms with Crippen LogP contribution in [0.3, 0.4) is 0 Å². The zero-order valence-electron chi connectivity index (χ0n) is 24.9. The van der Waals surface area contributed by atoms with Crippen molar-refractivity contribution < 1.29 is 4.74 Å². The third kappa shape index (κ3) is 6.56. The molecule has 0 radical (unpaired) electrons. The number of rotatable bonds is 12. The molecule has 1 aliphatic heterocycles. The molecule has 210 valence electrons. The Morgan fingerprint density at radius 1 is 0.732 bits per heavy atom. The third-order valence-corrected chi connectivity index (χ3v) is 7.99. The molecule has 0 N–H and O–H groups in total. The van der Waals surface area contributed by atoms with Gasteiger partial charge in [-0.3, -0.25) is 0 Å². The molecule has 4 rings (SSSR count). The van der Waals surface area contributed by atoms with Gasteiger partial charge >= 0.3 is 0 Å². The number of ether oxygens (including phenoxy) is 1. The molecular formula is C36H40N4O. The molecule has 0 bridgehead atoms. The summed E-state index contributed by atoms with van der Waals surface area (Å²) in [5.41, 5.74) is 2.05. The van der Waals surface area contributed by atoms with Crippen molar-refractivity contribution in [3.8, 4) is 18.2 Å². The van der Waals surface area contributed by atoms with Gasteiger partial charge < -0.3 is 9.64 Å². The molecule has 41 heavy (non-hydrogen) atoms. The zero-order valence-corrected chi connectivity index (χ0v) is 24.9. The number of anilines is 1. The van der Waals surface area contributed by atoms with E-state index in [4.69, 9.17) is 4.74 Å². The Morgan fingerprint density at radius 2 is 1.32 bits per heavy atom. The average Bonchev–Trinajstić information content (AvgIpc) is 3.25. The first-order valence-electron chi connectivity index (χ1n) is 15.0. The van der Waals surface area contributed by atoms with Crippen LogP contribution in [-0.2, 0) is 4.74 Å². The van der Waals surface area contributed by atoms with Crippen molar-refractivity contribution in [3.63, 3.8) is 0 Å². The Bertz CT molecular complexity index is 1580. The zero-order chi connectivity index (χ0) is 29.4. The van der Waals surface area contributed by atoms with E-state index in [1.807, 2.05) is 32.1 Å². The van der Waals surface area contributed by atoms with Crippen LogP contribution in [0.2, 0.25) is 0 Å². The molecule has 0 fully saturated rings. The average molecular weight is 545 g/mol. The van der Waals surface area contributed by atoms with Crippen molar-refractivity contribution in [1.82, 2.24) is 0 Å². The largest absolute Gasteiger partial charge is 0.480 e. The standard InChI is InChI=1S/C36H40N4O/c1-5-7-9-11-17-40(18-12-10-8-6-2)32-16-15-27-19-29-21-28(14-13-26(29)20-30(27)22-32)34-33(25-39)35(31(23-37)24-38)41-36(34,3)4/h13-16,19-22H,5-12,17-18H2,1-4H3. The topological polar surface area (TPSA) is 83.8 Å². The Kier molecular flexibility index (Phi) is 9.70. The van der Waals surface area contributed by atoms with Gasteiger partial charge in [-0.05, 0) is 84.1 Å². The van der Waals surface area contributed by atoms with E-state index in [2.05, 4.69) is 67.3 Å². The van der Waals surface area contributed by atoms with Crippen LogP contribution in [0.4, 0.5) is 5.69 Å². The van der Waals surface area contributed by atoms with Crippen LogP contribution < -0.4 is 4.90 Å². The summed E-state index contributed by atoms with van der Waals surface area (Å²) in [6, 6.07) is 23.3. The molecule has 1 aliphatic rings. The van der Waals surface area contributed by atoms with Crippen molar-refractivity contribution >= 4 is 32.8 Å². The lowest BCUT2D eigenvalue weighted by Crippen LogP contribution is -2.25. The number of unbranched alkanes of at least 4 members (excludes halogenated alkanes) is 6. The van der Waals surface area contributed by atoms with E-state index in [0.717, 1.165) is 29.4 Å². The predicted molar refractivity (Wildman–Crippen MR) is 168 cm³/mol. The fourth-order valence-corrected chi connectivity index (χ4v) is 5.84. The number of nitrogens with zero attached hydrogens (tertiary/aromatic N) is 4. The lowest BCUT2D eigenvalue weighted by molar-refractivity contribution is 0.109. The maximum Gasteiger partial charge on any atom is 0.172 e. The van der Waals surface area contributed by atoms with E-state index < -0.39 is 5.60 Å². The van der Waals surface area contributed by atoms with Gasteiger partial charge in [0.1, 0.15) is 29.4 Å². The Hall–Kier alpha value is -4.27. The maximum atomic E-state index is 9.98. The highest BCUT2D eigenvalue weighted by Crippen LogP contribution is 2.45. The molecule has 0 aliphatic carbocycles. The third-order valence-electron chi connectivity index (χ3n) is 7.99. The molecule has 0 spiro atoms. The van der Waals surface area contributed by atoms with E-state index in [1.165, 1.54) is 67.8 Å². The molecule has 5 nitrogen and oxygen atoms in total. The van der Waals surface area contributed by atoms with E-state index in [1.54, 1.807) is 0 Å². The highest BCUT2D eigenvalue weighted by molar-refractivity contribution is 6.01. The van der Waals surface area contributed by atoms with Gasteiger partial charge in [-0.25, -0.2) is 0 Å². The Balaban J connectivity index is 1.71. The van der Waals surface area contributed by atoms with E-state index in [9.17, 15) is 15.8 Å². The van der Waals surface area contributed by atoms with Crippen molar-refractivity contribution in [1.29, 1.82) is 15.8 Å². The van der Waals surface area contributed by atoms with Gasteiger partial charge in [0.15, 0.2) is 11.3 Å². The molecule has 3 aromatic rings. The number of nitriles is 3. The summed E-state index contributed by atoms with van der Waals surface area (Å²) in [5.74, 6) is 0.0672. The van der Waals surface area contributed by atoms with Gasteiger partial charge in [-0.2, -0.15) is 15.8 Å². The quantitative estimate of drug-likeness (QED) is 0.129. The van der Waals surface area contributed by atoms with Gasteiger partial charge in [-0.1, -0.05) is 70.6 Å². The molecule has 0 aromatic heterocycles. The first kappa shape index (κ1) is 29.7. The Labute approximate surface area is 244 Å². The molecule has 0 saturated heterocycles. The monoisotopic (exact) mass is 544 g/mol. The second-order valence-corrected chi connectivity index (χ2v) is 11.5. The van der Waals surface area contributed by atoms with E-state index in [0.29, 0.717) is 5.57 Å². The minimum Gasteiger partial charge on any atom is -0.480 e. The second kappa shape index (κ2) is 13.4. The summed E-state index contributed by atoms with van der Waals surface area (Å²) in [4.78, 5) is 2.57. The van der Waals surface area contributed by atoms with Crippen molar-refractivity contribution in [2.75, 3.05) is 18.0 Å². The van der Waals surface area contributed by atoms with Gasteiger partial charge in [-0.15, -0.1) is 0 Å². The number of benzene rings is 3. The van der Waals surface area contributed by atoms with Crippen LogP contribution >= 0.6 is 0 Å². The fraction of sp³-hybridized carbons (Fsp3) is 0.417. The molecule has 0 atom stereocenters. The maximum absolute atomic E-state index is 9.98. The Morgan fingerprint density at radius 3 is 1.88 bits per heavy atom. The minimum absolute atomic E-state index is 0.0672.